The molecule has 0 unspecified atom stereocenters. The minimum Gasteiger partial charge on any atom is -0.393 e. The quantitative estimate of drug-likeness (QED) is 0.227. The molecule has 10 heteroatoms. The van der Waals surface area contributed by atoms with Crippen molar-refractivity contribution in [2.45, 2.75) is 35.5 Å². The van der Waals surface area contributed by atoms with Gasteiger partial charge in [-0.2, -0.15) is 5.26 Å². The molecule has 1 aliphatic heterocycles. The molecule has 41 heavy (non-hydrogen) atoms. The van der Waals surface area contributed by atoms with Crippen molar-refractivity contribution in [1.29, 1.82) is 5.26 Å². The maximum Gasteiger partial charge on any atom is 0.172 e. The lowest BCUT2D eigenvalue weighted by molar-refractivity contribution is 0.0792. The van der Waals surface area contributed by atoms with Crippen LogP contribution in [0.4, 0.5) is 11.4 Å². The Kier molecular flexibility index (Phi) is 7.90. The van der Waals surface area contributed by atoms with Gasteiger partial charge < -0.3 is 15.0 Å². The van der Waals surface area contributed by atoms with Gasteiger partial charge in [0.2, 0.25) is 0 Å². The number of aliphatic hydroxyl groups is 1. The number of aliphatic hydroxyl groups excluding tert-OH is 1. The number of fused-ring (bicyclic) bond motifs is 1. The Labute approximate surface area is 247 Å². The molecule has 2 N–H and O–H groups in total. The summed E-state index contributed by atoms with van der Waals surface area (Å²) in [5, 5.41) is 25.2. The van der Waals surface area contributed by atoms with Crippen molar-refractivity contribution in [2.75, 3.05) is 18.4 Å². The molecule has 0 spiro atoms. The predicted molar refractivity (Wildman–Crippen MR) is 162 cm³/mol. The van der Waals surface area contributed by atoms with Crippen LogP contribution in [0, 0.1) is 11.3 Å². The van der Waals surface area contributed by atoms with Crippen molar-refractivity contribution < 1.29 is 5.11 Å². The molecule has 0 aliphatic carbocycles. The minimum atomic E-state index is -0.173. The average Bonchev–Trinajstić information content (AvgIpc) is 3.40. The molecule has 0 bridgehead atoms. The molecule has 0 atom stereocenters. The van der Waals surface area contributed by atoms with Crippen LogP contribution in [-0.4, -0.2) is 48.7 Å². The molecule has 206 valence electrons. The summed E-state index contributed by atoms with van der Waals surface area (Å²) >= 11 is 8.12. The Morgan fingerprint density at radius 1 is 1.07 bits per heavy atom. The summed E-state index contributed by atoms with van der Waals surface area (Å²) in [6, 6.07) is 18.1. The van der Waals surface area contributed by atoms with Gasteiger partial charge in [0.1, 0.15) is 6.07 Å². The summed E-state index contributed by atoms with van der Waals surface area (Å²) in [5.41, 5.74) is 5.62. The van der Waals surface area contributed by atoms with Crippen LogP contribution in [0.15, 0.2) is 83.4 Å². The zero-order valence-corrected chi connectivity index (χ0v) is 24.0. The number of pyridine rings is 2. The number of likely N-dealkylation sites (tertiary alicyclic amines) is 1. The van der Waals surface area contributed by atoms with Crippen molar-refractivity contribution in [1.82, 2.24) is 24.4 Å². The van der Waals surface area contributed by atoms with Gasteiger partial charge in [-0.3, -0.25) is 14.9 Å². The molecular weight excluding hydrogens is 554 g/mol. The second kappa shape index (κ2) is 11.9. The highest BCUT2D eigenvalue weighted by atomic mass is 35.5. The first-order valence-electron chi connectivity index (χ1n) is 13.4. The number of hydrogen-bond acceptors (Lipinski definition) is 8. The van der Waals surface area contributed by atoms with E-state index in [1.165, 1.54) is 11.8 Å². The van der Waals surface area contributed by atoms with Gasteiger partial charge in [-0.15, -0.1) is 0 Å². The average molecular weight is 582 g/mol. The van der Waals surface area contributed by atoms with Gasteiger partial charge in [0, 0.05) is 73.0 Å². The summed E-state index contributed by atoms with van der Waals surface area (Å²) in [7, 11) is 1.94. The Morgan fingerprint density at radius 3 is 2.63 bits per heavy atom. The number of aromatic nitrogens is 4. The number of halogens is 1. The number of anilines is 2. The van der Waals surface area contributed by atoms with Gasteiger partial charge >= 0.3 is 0 Å². The molecule has 0 saturated carbocycles. The maximum absolute atomic E-state index is 9.82. The number of benzene rings is 2. The molecule has 5 aromatic rings. The summed E-state index contributed by atoms with van der Waals surface area (Å²) in [4.78, 5) is 16.9. The monoisotopic (exact) mass is 581 g/mol. The second-order valence-corrected chi connectivity index (χ2v) is 11.6. The number of nitrogens with zero attached hydrogens (tertiary/aromatic N) is 6. The Hall–Kier alpha value is -3.94. The van der Waals surface area contributed by atoms with E-state index >= 15 is 0 Å². The summed E-state index contributed by atoms with van der Waals surface area (Å²) in [6.45, 7) is 2.64. The summed E-state index contributed by atoms with van der Waals surface area (Å²) in [6.07, 6.45) is 8.63. The fraction of sp³-hybridized carbons (Fsp3) is 0.226. The molecular formula is C31H28ClN7OS. The summed E-state index contributed by atoms with van der Waals surface area (Å²) in [5.74, 6) is 0. The lowest BCUT2D eigenvalue weighted by atomic mass is 10.0. The van der Waals surface area contributed by atoms with E-state index in [-0.39, 0.29) is 6.10 Å². The van der Waals surface area contributed by atoms with E-state index in [1.54, 1.807) is 12.4 Å². The first kappa shape index (κ1) is 27.2. The van der Waals surface area contributed by atoms with Crippen LogP contribution < -0.4 is 5.32 Å². The lowest BCUT2D eigenvalue weighted by Gasteiger charge is -2.29. The topological polar surface area (TPSA) is 103 Å². The standard InChI is InChI=1S/C31H28ClN7OS/c1-38-13-10-34-31(38)41-29-7-4-23(15-26(29)32)37-30-22(16-33)18-36-28-14-21(3-5-25(28)30)27-6-2-20(17-35-27)19-39-11-8-24(40)9-12-39/h2-7,10,13-15,17-18,24,40H,8-9,11-12,19H2,1H3,(H,36,37). The number of aryl methyl sites for hydroxylation is 1. The minimum absolute atomic E-state index is 0.173. The highest BCUT2D eigenvalue weighted by Crippen LogP contribution is 2.36. The van der Waals surface area contributed by atoms with Crippen LogP contribution in [0.2, 0.25) is 5.02 Å². The van der Waals surface area contributed by atoms with Gasteiger partial charge in [-0.25, -0.2) is 4.98 Å². The van der Waals surface area contributed by atoms with Gasteiger partial charge in [0.15, 0.2) is 5.16 Å². The maximum atomic E-state index is 9.82. The van der Waals surface area contributed by atoms with Gasteiger partial charge in [0.05, 0.1) is 33.6 Å². The zero-order chi connectivity index (χ0) is 28.3. The number of rotatable bonds is 7. The van der Waals surface area contributed by atoms with Crippen LogP contribution in [0.5, 0.6) is 0 Å². The SMILES string of the molecule is Cn1ccnc1Sc1ccc(Nc2c(C#N)cnc3cc(-c4ccc(CN5CCC(O)CC5)cn4)ccc23)cc1Cl. The second-order valence-electron chi connectivity index (χ2n) is 10.1. The van der Waals surface area contributed by atoms with Crippen molar-refractivity contribution in [2.24, 2.45) is 7.05 Å². The van der Waals surface area contributed by atoms with Crippen LogP contribution in [-0.2, 0) is 13.6 Å². The number of nitrogens with one attached hydrogen (secondary N) is 1. The van der Waals surface area contributed by atoms with E-state index in [4.69, 9.17) is 16.6 Å². The van der Waals surface area contributed by atoms with Gasteiger partial charge in [0.25, 0.3) is 0 Å². The molecule has 1 aliphatic rings. The number of nitriles is 1. The molecule has 4 heterocycles. The summed E-state index contributed by atoms with van der Waals surface area (Å²) < 4.78 is 1.94. The Balaban J connectivity index is 1.22. The van der Waals surface area contributed by atoms with Gasteiger partial charge in [-0.1, -0.05) is 35.5 Å². The van der Waals surface area contributed by atoms with Crippen LogP contribution >= 0.6 is 23.4 Å². The first-order valence-corrected chi connectivity index (χ1v) is 14.6. The van der Waals surface area contributed by atoms with Crippen LogP contribution in [0.1, 0.15) is 24.0 Å². The molecule has 1 fully saturated rings. The molecule has 8 nitrogen and oxygen atoms in total. The van der Waals surface area contributed by atoms with E-state index in [2.05, 4.69) is 32.3 Å². The van der Waals surface area contributed by atoms with E-state index < -0.39 is 0 Å². The molecule has 6 rings (SSSR count). The first-order chi connectivity index (χ1) is 20.0. The fourth-order valence-electron chi connectivity index (χ4n) is 4.95. The predicted octanol–water partition coefficient (Wildman–Crippen LogP) is 6.41. The third kappa shape index (κ3) is 6.06. The number of hydrogen-bond donors (Lipinski definition) is 2. The van der Waals surface area contributed by atoms with Crippen LogP contribution in [0.3, 0.4) is 0 Å². The number of imidazole rings is 1. The molecule has 1 saturated heterocycles. The highest BCUT2D eigenvalue weighted by molar-refractivity contribution is 7.99. The van der Waals surface area contributed by atoms with Crippen molar-refractivity contribution in [3.8, 4) is 17.3 Å². The van der Waals surface area contributed by atoms with E-state index in [0.29, 0.717) is 16.3 Å². The van der Waals surface area contributed by atoms with Crippen molar-refractivity contribution in [3.63, 3.8) is 0 Å². The lowest BCUT2D eigenvalue weighted by Crippen LogP contribution is -2.35. The van der Waals surface area contributed by atoms with Crippen molar-refractivity contribution >= 4 is 45.6 Å². The third-order valence-electron chi connectivity index (χ3n) is 7.25. The third-order valence-corrected chi connectivity index (χ3v) is 8.83. The highest BCUT2D eigenvalue weighted by Gasteiger charge is 2.17. The van der Waals surface area contributed by atoms with Gasteiger partial charge in [-0.05, 0) is 54.8 Å². The van der Waals surface area contributed by atoms with E-state index in [1.807, 2.05) is 66.5 Å². The smallest absolute Gasteiger partial charge is 0.172 e. The Bertz CT molecular complexity index is 1740. The Morgan fingerprint density at radius 2 is 1.93 bits per heavy atom. The fourth-order valence-corrected chi connectivity index (χ4v) is 6.05. The van der Waals surface area contributed by atoms with E-state index in [9.17, 15) is 10.4 Å². The van der Waals surface area contributed by atoms with E-state index in [0.717, 1.165) is 75.9 Å². The number of piperidine rings is 1. The largest absolute Gasteiger partial charge is 0.393 e. The normalized spacial score (nSPS) is 14.3. The van der Waals surface area contributed by atoms with Crippen molar-refractivity contribution in [3.05, 3.63) is 89.5 Å². The zero-order valence-electron chi connectivity index (χ0n) is 22.5. The van der Waals surface area contributed by atoms with Crippen LogP contribution in [0.25, 0.3) is 22.2 Å². The molecule has 2 aromatic carbocycles. The molecule has 0 radical (unpaired) electrons. The molecule has 3 aromatic heterocycles. The molecule has 0 amide bonds.